The number of rotatable bonds is 3. The maximum atomic E-state index is 6.02. The lowest BCUT2D eigenvalue weighted by Gasteiger charge is -2.38. The fourth-order valence-corrected chi connectivity index (χ4v) is 1.67. The van der Waals surface area contributed by atoms with Gasteiger partial charge in [-0.1, -0.05) is 30.7 Å². The summed E-state index contributed by atoms with van der Waals surface area (Å²) in [5, 5.41) is 4.12. The fourth-order valence-electron chi connectivity index (χ4n) is 1.47. The van der Waals surface area contributed by atoms with E-state index >= 15 is 0 Å². The van der Waals surface area contributed by atoms with E-state index in [1.807, 2.05) is 24.3 Å². The molecule has 1 aliphatic rings. The Morgan fingerprint density at radius 2 is 2.14 bits per heavy atom. The first-order chi connectivity index (χ1) is 6.70. The number of nitrogens with one attached hydrogen (secondary N) is 1. The SMILES string of the molecule is CC1(CNc2ccccc2Cl)COC1. The van der Waals surface area contributed by atoms with Gasteiger partial charge in [-0.3, -0.25) is 0 Å². The molecule has 3 heteroatoms. The molecule has 1 N–H and O–H groups in total. The van der Waals surface area contributed by atoms with Crippen LogP contribution in [-0.4, -0.2) is 19.8 Å². The molecule has 0 radical (unpaired) electrons. The molecule has 76 valence electrons. The number of hydrogen-bond acceptors (Lipinski definition) is 2. The minimum Gasteiger partial charge on any atom is -0.383 e. The van der Waals surface area contributed by atoms with Gasteiger partial charge >= 0.3 is 0 Å². The predicted octanol–water partition coefficient (Wildman–Crippen LogP) is 2.79. The lowest BCUT2D eigenvalue weighted by atomic mass is 9.89. The van der Waals surface area contributed by atoms with Crippen LogP contribution in [0.15, 0.2) is 24.3 Å². The molecule has 0 atom stereocenters. The molecule has 1 aliphatic heterocycles. The van der Waals surface area contributed by atoms with Gasteiger partial charge in [-0.15, -0.1) is 0 Å². The summed E-state index contributed by atoms with van der Waals surface area (Å²) in [5.74, 6) is 0. The lowest BCUT2D eigenvalue weighted by Crippen LogP contribution is -2.45. The molecule has 0 bridgehead atoms. The van der Waals surface area contributed by atoms with E-state index in [1.165, 1.54) is 0 Å². The van der Waals surface area contributed by atoms with Crippen molar-refractivity contribution < 1.29 is 4.74 Å². The minimum atomic E-state index is 0.277. The van der Waals surface area contributed by atoms with Crippen LogP contribution in [-0.2, 0) is 4.74 Å². The topological polar surface area (TPSA) is 21.3 Å². The zero-order valence-corrected chi connectivity index (χ0v) is 8.97. The normalized spacial score (nSPS) is 18.7. The van der Waals surface area contributed by atoms with Crippen LogP contribution in [0.2, 0.25) is 5.02 Å². The Kier molecular flexibility index (Phi) is 2.66. The van der Waals surface area contributed by atoms with Gasteiger partial charge in [0.25, 0.3) is 0 Å². The van der Waals surface area contributed by atoms with Crippen molar-refractivity contribution in [2.45, 2.75) is 6.92 Å². The third-order valence-corrected chi connectivity index (χ3v) is 2.81. The highest BCUT2D eigenvalue weighted by atomic mass is 35.5. The Balaban J connectivity index is 1.95. The zero-order chi connectivity index (χ0) is 10.0. The largest absolute Gasteiger partial charge is 0.383 e. The molecule has 2 rings (SSSR count). The van der Waals surface area contributed by atoms with Crippen molar-refractivity contribution in [3.05, 3.63) is 29.3 Å². The summed E-state index contributed by atoms with van der Waals surface area (Å²) in [6.07, 6.45) is 0. The van der Waals surface area contributed by atoms with Gasteiger partial charge in [0.2, 0.25) is 0 Å². The molecule has 1 aromatic carbocycles. The lowest BCUT2D eigenvalue weighted by molar-refractivity contribution is -0.0924. The number of ether oxygens (including phenoxy) is 1. The van der Waals surface area contributed by atoms with E-state index in [-0.39, 0.29) is 5.41 Å². The molecule has 1 heterocycles. The van der Waals surface area contributed by atoms with E-state index in [1.54, 1.807) is 0 Å². The summed E-state index contributed by atoms with van der Waals surface area (Å²) in [6, 6.07) is 7.80. The molecule has 0 amide bonds. The average molecular weight is 212 g/mol. The highest BCUT2D eigenvalue weighted by molar-refractivity contribution is 6.33. The number of para-hydroxylation sites is 1. The third kappa shape index (κ3) is 2.02. The van der Waals surface area contributed by atoms with Crippen LogP contribution in [0.3, 0.4) is 0 Å². The molecule has 0 aromatic heterocycles. The van der Waals surface area contributed by atoms with Crippen molar-refractivity contribution >= 4 is 17.3 Å². The first-order valence-electron chi connectivity index (χ1n) is 4.76. The molecule has 0 unspecified atom stereocenters. The van der Waals surface area contributed by atoms with Crippen LogP contribution in [0.25, 0.3) is 0 Å². The highest BCUT2D eigenvalue weighted by Gasteiger charge is 2.32. The van der Waals surface area contributed by atoms with Gasteiger partial charge in [-0.2, -0.15) is 0 Å². The van der Waals surface area contributed by atoms with Crippen molar-refractivity contribution in [2.75, 3.05) is 25.1 Å². The van der Waals surface area contributed by atoms with Gasteiger partial charge in [-0.25, -0.2) is 0 Å². The predicted molar refractivity (Wildman–Crippen MR) is 58.9 cm³/mol. The van der Waals surface area contributed by atoms with Crippen molar-refractivity contribution in [3.63, 3.8) is 0 Å². The van der Waals surface area contributed by atoms with Gasteiger partial charge in [-0.05, 0) is 12.1 Å². The van der Waals surface area contributed by atoms with E-state index in [0.717, 1.165) is 30.5 Å². The van der Waals surface area contributed by atoms with Crippen LogP contribution in [0.4, 0.5) is 5.69 Å². The van der Waals surface area contributed by atoms with E-state index < -0.39 is 0 Å². The maximum Gasteiger partial charge on any atom is 0.0637 e. The van der Waals surface area contributed by atoms with Crippen molar-refractivity contribution in [3.8, 4) is 0 Å². The first-order valence-corrected chi connectivity index (χ1v) is 5.14. The Bertz CT molecular complexity index is 323. The van der Waals surface area contributed by atoms with Gasteiger partial charge in [0.05, 0.1) is 23.9 Å². The fraction of sp³-hybridized carbons (Fsp3) is 0.455. The summed E-state index contributed by atoms with van der Waals surface area (Å²) in [6.45, 7) is 4.80. The molecule has 2 nitrogen and oxygen atoms in total. The van der Waals surface area contributed by atoms with Crippen LogP contribution in [0.1, 0.15) is 6.92 Å². The van der Waals surface area contributed by atoms with Crippen molar-refractivity contribution in [1.82, 2.24) is 0 Å². The van der Waals surface area contributed by atoms with Crippen LogP contribution in [0, 0.1) is 5.41 Å². The van der Waals surface area contributed by atoms with Crippen molar-refractivity contribution in [1.29, 1.82) is 0 Å². The van der Waals surface area contributed by atoms with Gasteiger partial charge < -0.3 is 10.1 Å². The minimum absolute atomic E-state index is 0.277. The second-order valence-corrected chi connectivity index (χ2v) is 4.54. The zero-order valence-electron chi connectivity index (χ0n) is 8.22. The van der Waals surface area contributed by atoms with Crippen LogP contribution in [0.5, 0.6) is 0 Å². The smallest absolute Gasteiger partial charge is 0.0637 e. The second kappa shape index (κ2) is 3.79. The number of anilines is 1. The third-order valence-electron chi connectivity index (χ3n) is 2.48. The highest BCUT2D eigenvalue weighted by Crippen LogP contribution is 2.28. The summed E-state index contributed by atoms with van der Waals surface area (Å²) in [5.41, 5.74) is 1.28. The summed E-state index contributed by atoms with van der Waals surface area (Å²) < 4.78 is 5.18. The van der Waals surface area contributed by atoms with Crippen LogP contribution >= 0.6 is 11.6 Å². The number of halogens is 1. The number of hydrogen-bond donors (Lipinski definition) is 1. The first kappa shape index (κ1) is 9.81. The summed E-state index contributed by atoms with van der Waals surface area (Å²) in [7, 11) is 0. The Labute approximate surface area is 89.2 Å². The Morgan fingerprint density at radius 3 is 2.71 bits per heavy atom. The molecular weight excluding hydrogens is 198 g/mol. The van der Waals surface area contributed by atoms with E-state index in [9.17, 15) is 0 Å². The molecule has 1 saturated heterocycles. The Hall–Kier alpha value is -0.730. The van der Waals surface area contributed by atoms with Crippen molar-refractivity contribution in [2.24, 2.45) is 5.41 Å². The quantitative estimate of drug-likeness (QED) is 0.830. The maximum absolute atomic E-state index is 6.02. The molecule has 0 aliphatic carbocycles. The number of benzene rings is 1. The van der Waals surface area contributed by atoms with Gasteiger partial charge in [0.15, 0.2) is 0 Å². The van der Waals surface area contributed by atoms with Gasteiger partial charge in [0, 0.05) is 12.0 Å². The molecule has 1 aromatic rings. The van der Waals surface area contributed by atoms with E-state index in [2.05, 4.69) is 12.2 Å². The second-order valence-electron chi connectivity index (χ2n) is 4.14. The Morgan fingerprint density at radius 1 is 1.43 bits per heavy atom. The van der Waals surface area contributed by atoms with E-state index in [4.69, 9.17) is 16.3 Å². The van der Waals surface area contributed by atoms with E-state index in [0.29, 0.717) is 0 Å². The molecule has 0 saturated carbocycles. The van der Waals surface area contributed by atoms with Crippen LogP contribution < -0.4 is 5.32 Å². The molecule has 1 fully saturated rings. The molecular formula is C11H14ClNO. The molecule has 0 spiro atoms. The average Bonchev–Trinajstić information content (AvgIpc) is 2.14. The molecule has 14 heavy (non-hydrogen) atoms. The summed E-state index contributed by atoms with van der Waals surface area (Å²) >= 11 is 6.02. The standard InChI is InChI=1S/C11H14ClNO/c1-11(7-14-8-11)6-13-10-5-3-2-4-9(10)12/h2-5,13H,6-8H2,1H3. The monoisotopic (exact) mass is 211 g/mol. The summed E-state index contributed by atoms with van der Waals surface area (Å²) in [4.78, 5) is 0. The van der Waals surface area contributed by atoms with Gasteiger partial charge in [0.1, 0.15) is 0 Å².